The van der Waals surface area contributed by atoms with Crippen molar-refractivity contribution in [3.63, 3.8) is 0 Å². The van der Waals surface area contributed by atoms with Crippen molar-refractivity contribution < 1.29 is 0 Å². The molecule has 3 rings (SSSR count). The molecule has 0 radical (unpaired) electrons. The number of aliphatic imine (C=N–C) groups is 1. The molecule has 1 aromatic heterocycles. The normalized spacial score (nSPS) is 18.8. The molecule has 1 unspecified atom stereocenters. The van der Waals surface area contributed by atoms with E-state index in [2.05, 4.69) is 81.6 Å². The molecule has 1 aliphatic rings. The number of aryl methyl sites for hydroxylation is 2. The number of nitrogens with zero attached hydrogens (tertiary/aromatic N) is 4. The highest BCUT2D eigenvalue weighted by molar-refractivity contribution is 7.11. The molecule has 2 aromatic rings. The molecule has 0 bridgehead atoms. The fourth-order valence-corrected chi connectivity index (χ4v) is 4.70. The smallest absolute Gasteiger partial charge is 0.191 e. The highest BCUT2D eigenvalue weighted by Gasteiger charge is 2.25. The van der Waals surface area contributed by atoms with E-state index in [1.54, 1.807) is 11.3 Å². The number of aromatic nitrogens is 1. The molecule has 2 N–H and O–H groups in total. The zero-order valence-electron chi connectivity index (χ0n) is 18.1. The minimum absolute atomic E-state index is 0.477. The summed E-state index contributed by atoms with van der Waals surface area (Å²) in [7, 11) is 4.04. The second kappa shape index (κ2) is 10.7. The Kier molecular flexibility index (Phi) is 8.03. The first kappa shape index (κ1) is 21.7. The topological polar surface area (TPSA) is 55.8 Å². The Morgan fingerprint density at radius 1 is 1.21 bits per heavy atom. The van der Waals surface area contributed by atoms with Gasteiger partial charge < -0.3 is 15.5 Å². The van der Waals surface area contributed by atoms with Crippen LogP contribution in [0.4, 0.5) is 0 Å². The van der Waals surface area contributed by atoms with Gasteiger partial charge in [0.2, 0.25) is 0 Å². The quantitative estimate of drug-likeness (QED) is 0.415. The van der Waals surface area contributed by atoms with Gasteiger partial charge in [0.25, 0.3) is 0 Å². The summed E-state index contributed by atoms with van der Waals surface area (Å²) in [4.78, 5) is 15.2. The van der Waals surface area contributed by atoms with Crippen LogP contribution < -0.4 is 10.6 Å². The molecule has 2 heterocycles. The Bertz CT molecular complexity index is 788. The Morgan fingerprint density at radius 2 is 2.00 bits per heavy atom. The Labute approximate surface area is 179 Å². The maximum Gasteiger partial charge on any atom is 0.191 e. The zero-order chi connectivity index (χ0) is 20.6. The van der Waals surface area contributed by atoms with Crippen molar-refractivity contribution in [3.05, 3.63) is 51.5 Å². The second-order valence-corrected chi connectivity index (χ2v) is 8.96. The molecule has 158 valence electrons. The third-order valence-electron chi connectivity index (χ3n) is 5.43. The van der Waals surface area contributed by atoms with Gasteiger partial charge in [-0.3, -0.25) is 9.89 Å². The molecule has 29 heavy (non-hydrogen) atoms. The molecule has 0 saturated carbocycles. The minimum Gasteiger partial charge on any atom is -0.356 e. The summed E-state index contributed by atoms with van der Waals surface area (Å²) >= 11 is 1.75. The molecule has 7 heteroatoms. The van der Waals surface area contributed by atoms with Crippen LogP contribution in [0.5, 0.6) is 0 Å². The molecule has 0 spiro atoms. The Hall–Kier alpha value is -1.96. The van der Waals surface area contributed by atoms with Gasteiger partial charge in [-0.2, -0.15) is 0 Å². The first-order valence-corrected chi connectivity index (χ1v) is 11.2. The highest BCUT2D eigenvalue weighted by atomic mass is 32.1. The zero-order valence-corrected chi connectivity index (χ0v) is 18.9. The van der Waals surface area contributed by atoms with Gasteiger partial charge in [0.05, 0.1) is 17.2 Å². The summed E-state index contributed by atoms with van der Waals surface area (Å²) in [6, 6.07) is 11.4. The SMILES string of the molecule is CN=C(NCCCN1CCN(C)CC1c1ccccc1)NCc1sc(C)nc1C. The summed E-state index contributed by atoms with van der Waals surface area (Å²) in [5, 5.41) is 7.98. The maximum absolute atomic E-state index is 4.49. The summed E-state index contributed by atoms with van der Waals surface area (Å²) in [5.74, 6) is 0.855. The van der Waals surface area contributed by atoms with E-state index in [-0.39, 0.29) is 0 Å². The third-order valence-corrected chi connectivity index (χ3v) is 6.51. The lowest BCUT2D eigenvalue weighted by molar-refractivity contribution is 0.0891. The number of thiazole rings is 1. The number of rotatable bonds is 7. The average Bonchev–Trinajstić information content (AvgIpc) is 3.06. The number of hydrogen-bond acceptors (Lipinski definition) is 5. The van der Waals surface area contributed by atoms with Crippen LogP contribution in [-0.2, 0) is 6.54 Å². The van der Waals surface area contributed by atoms with Crippen molar-refractivity contribution in [1.82, 2.24) is 25.4 Å². The first-order valence-electron chi connectivity index (χ1n) is 10.4. The predicted octanol–water partition coefficient (Wildman–Crippen LogP) is 2.80. The standard InChI is InChI=1S/C22H34N6S/c1-17-21(29-18(2)26-17)15-25-22(23-3)24-11-8-12-28-14-13-27(4)16-20(28)19-9-6-5-7-10-19/h5-7,9-10,20H,8,11-16H2,1-4H3,(H2,23,24,25). The van der Waals surface area contributed by atoms with Crippen LogP contribution in [0.2, 0.25) is 0 Å². The molecular formula is C22H34N6S. The summed E-state index contributed by atoms with van der Waals surface area (Å²) in [5.41, 5.74) is 2.53. The van der Waals surface area contributed by atoms with E-state index < -0.39 is 0 Å². The van der Waals surface area contributed by atoms with Gasteiger partial charge in [-0.1, -0.05) is 30.3 Å². The predicted molar refractivity (Wildman–Crippen MR) is 123 cm³/mol. The van der Waals surface area contributed by atoms with E-state index in [1.807, 2.05) is 7.05 Å². The molecule has 6 nitrogen and oxygen atoms in total. The van der Waals surface area contributed by atoms with Crippen molar-refractivity contribution in [2.24, 2.45) is 4.99 Å². The van der Waals surface area contributed by atoms with Crippen LogP contribution in [0.1, 0.15) is 33.6 Å². The number of guanidine groups is 1. The molecule has 1 aliphatic heterocycles. The summed E-state index contributed by atoms with van der Waals surface area (Å²) in [6.07, 6.45) is 1.09. The van der Waals surface area contributed by atoms with Gasteiger partial charge in [0, 0.05) is 50.7 Å². The van der Waals surface area contributed by atoms with Crippen LogP contribution in [0.25, 0.3) is 0 Å². The van der Waals surface area contributed by atoms with Crippen LogP contribution >= 0.6 is 11.3 Å². The summed E-state index contributed by atoms with van der Waals surface area (Å²) in [6.45, 7) is 10.2. The maximum atomic E-state index is 4.49. The van der Waals surface area contributed by atoms with Crippen molar-refractivity contribution in [3.8, 4) is 0 Å². The molecule has 0 aliphatic carbocycles. The van der Waals surface area contributed by atoms with Crippen molar-refractivity contribution in [2.45, 2.75) is 32.9 Å². The number of hydrogen-bond donors (Lipinski definition) is 2. The van der Waals surface area contributed by atoms with Gasteiger partial charge in [-0.05, 0) is 32.9 Å². The van der Waals surface area contributed by atoms with Gasteiger partial charge in [-0.15, -0.1) is 11.3 Å². The van der Waals surface area contributed by atoms with Crippen molar-refractivity contribution in [2.75, 3.05) is 46.8 Å². The molecule has 1 fully saturated rings. The highest BCUT2D eigenvalue weighted by Crippen LogP contribution is 2.24. The minimum atomic E-state index is 0.477. The first-order chi connectivity index (χ1) is 14.1. The number of nitrogens with one attached hydrogen (secondary N) is 2. The van der Waals surface area contributed by atoms with Crippen LogP contribution in [0.15, 0.2) is 35.3 Å². The lowest BCUT2D eigenvalue weighted by atomic mass is 10.0. The largest absolute Gasteiger partial charge is 0.356 e. The van der Waals surface area contributed by atoms with Crippen LogP contribution in [0, 0.1) is 13.8 Å². The van der Waals surface area contributed by atoms with E-state index in [0.29, 0.717) is 6.04 Å². The van der Waals surface area contributed by atoms with Gasteiger partial charge in [-0.25, -0.2) is 4.98 Å². The van der Waals surface area contributed by atoms with E-state index in [0.717, 1.165) is 62.4 Å². The Balaban J connectivity index is 1.45. The fraction of sp³-hybridized carbons (Fsp3) is 0.545. The molecule has 1 aromatic carbocycles. The van der Waals surface area contributed by atoms with Gasteiger partial charge >= 0.3 is 0 Å². The van der Waals surface area contributed by atoms with Crippen molar-refractivity contribution >= 4 is 17.3 Å². The van der Waals surface area contributed by atoms with E-state index >= 15 is 0 Å². The molecule has 0 amide bonds. The third kappa shape index (κ3) is 6.26. The molecular weight excluding hydrogens is 380 g/mol. The molecule has 1 atom stereocenters. The fourth-order valence-electron chi connectivity index (χ4n) is 3.83. The van der Waals surface area contributed by atoms with E-state index in [1.165, 1.54) is 10.4 Å². The number of benzene rings is 1. The van der Waals surface area contributed by atoms with E-state index in [9.17, 15) is 0 Å². The lowest BCUT2D eigenvalue weighted by Crippen LogP contribution is -2.47. The second-order valence-electron chi connectivity index (χ2n) is 7.67. The lowest BCUT2D eigenvalue weighted by Gasteiger charge is -2.40. The Morgan fingerprint density at radius 3 is 2.69 bits per heavy atom. The number of piperazine rings is 1. The summed E-state index contributed by atoms with van der Waals surface area (Å²) < 4.78 is 0. The average molecular weight is 415 g/mol. The van der Waals surface area contributed by atoms with Crippen LogP contribution in [0.3, 0.4) is 0 Å². The van der Waals surface area contributed by atoms with Crippen molar-refractivity contribution in [1.29, 1.82) is 0 Å². The van der Waals surface area contributed by atoms with Crippen LogP contribution in [-0.4, -0.2) is 67.6 Å². The number of likely N-dealkylation sites (N-methyl/N-ethyl adjacent to an activating group) is 1. The van der Waals surface area contributed by atoms with Gasteiger partial charge in [0.15, 0.2) is 5.96 Å². The molecule has 1 saturated heterocycles. The monoisotopic (exact) mass is 414 g/mol. The van der Waals surface area contributed by atoms with E-state index in [4.69, 9.17) is 0 Å². The van der Waals surface area contributed by atoms with Gasteiger partial charge in [0.1, 0.15) is 0 Å².